The van der Waals surface area contributed by atoms with Crippen LogP contribution in [0.3, 0.4) is 0 Å². The number of carbonyl (C=O) groups is 1. The van der Waals surface area contributed by atoms with Crippen molar-refractivity contribution >= 4 is 23.6 Å². The highest BCUT2D eigenvalue weighted by atomic mass is 19.1. The number of carboxylic acid groups (broad SMARTS) is 1. The molecule has 0 unspecified atom stereocenters. The molecule has 5 heterocycles. The van der Waals surface area contributed by atoms with E-state index in [1.165, 1.54) is 0 Å². The van der Waals surface area contributed by atoms with Gasteiger partial charge in [0.05, 0.1) is 35.8 Å². The van der Waals surface area contributed by atoms with Gasteiger partial charge in [-0.05, 0) is 101 Å². The Morgan fingerprint density at radius 2 is 1.98 bits per heavy atom. The number of hydrogen-bond donors (Lipinski definition) is 1. The van der Waals surface area contributed by atoms with Gasteiger partial charge >= 0.3 is 5.97 Å². The normalized spacial score (nSPS) is 18.9. The van der Waals surface area contributed by atoms with Gasteiger partial charge in [0.25, 0.3) is 0 Å². The quantitative estimate of drug-likeness (QED) is 0.171. The fourth-order valence-electron chi connectivity index (χ4n) is 6.25. The predicted molar refractivity (Wildman–Crippen MR) is 189 cm³/mol. The summed E-state index contributed by atoms with van der Waals surface area (Å²) >= 11 is 0. The van der Waals surface area contributed by atoms with Gasteiger partial charge in [0.2, 0.25) is 0 Å². The van der Waals surface area contributed by atoms with Gasteiger partial charge < -0.3 is 23.9 Å². The number of aromatic nitrogens is 4. The van der Waals surface area contributed by atoms with Gasteiger partial charge in [-0.2, -0.15) is 5.10 Å². The van der Waals surface area contributed by atoms with Crippen molar-refractivity contribution in [2.24, 2.45) is 12.0 Å². The van der Waals surface area contributed by atoms with Gasteiger partial charge in [0.1, 0.15) is 12.1 Å². The lowest BCUT2D eigenvalue weighted by atomic mass is 9.88. The fraction of sp³-hybridized carbons (Fsp3) is 0.421. The predicted octanol–water partition coefficient (Wildman–Crippen LogP) is 8.17. The second-order valence-electron chi connectivity index (χ2n) is 13.3. The van der Waals surface area contributed by atoms with E-state index in [4.69, 9.17) is 19.2 Å². The van der Waals surface area contributed by atoms with Crippen LogP contribution in [0.15, 0.2) is 83.2 Å². The molecular formula is C38H46FN5O5. The number of rotatable bonds is 10. The zero-order chi connectivity index (χ0) is 35.3. The van der Waals surface area contributed by atoms with Crippen molar-refractivity contribution in [2.45, 2.75) is 78.0 Å². The van der Waals surface area contributed by atoms with E-state index in [2.05, 4.69) is 16.7 Å². The number of halogens is 1. The summed E-state index contributed by atoms with van der Waals surface area (Å²) in [5.74, 6) is -0.392. The zero-order valence-corrected chi connectivity index (χ0v) is 29.2. The fourth-order valence-corrected chi connectivity index (χ4v) is 6.25. The molecule has 11 heteroatoms. The van der Waals surface area contributed by atoms with E-state index < -0.39 is 17.7 Å². The molecule has 1 atom stereocenters. The Morgan fingerprint density at radius 1 is 1.22 bits per heavy atom. The molecule has 0 bridgehead atoms. The van der Waals surface area contributed by atoms with Crippen LogP contribution in [0.1, 0.15) is 71.9 Å². The topological polar surface area (TPSA) is 113 Å². The van der Waals surface area contributed by atoms with E-state index in [9.17, 15) is 14.3 Å². The van der Waals surface area contributed by atoms with Crippen molar-refractivity contribution in [3.8, 4) is 22.5 Å². The first kappa shape index (κ1) is 35.7. The van der Waals surface area contributed by atoms with Gasteiger partial charge in [0, 0.05) is 61.1 Å². The van der Waals surface area contributed by atoms with Gasteiger partial charge in [-0.1, -0.05) is 6.58 Å². The zero-order valence-electron chi connectivity index (χ0n) is 29.2. The number of nitrogens with zero attached hydrogens (tertiary/aromatic N) is 5. The highest BCUT2D eigenvalue weighted by molar-refractivity contribution is 5.93. The number of ether oxygens (including phenoxy) is 3. The molecule has 2 aliphatic rings. The van der Waals surface area contributed by atoms with Gasteiger partial charge in [-0.25, -0.2) is 14.2 Å². The number of allylic oxidation sites excluding steroid dienone is 4. The highest BCUT2D eigenvalue weighted by Gasteiger charge is 2.28. The lowest BCUT2D eigenvalue weighted by Gasteiger charge is -2.25. The minimum Gasteiger partial charge on any atom is -0.491 e. The van der Waals surface area contributed by atoms with Crippen molar-refractivity contribution in [3.05, 3.63) is 83.8 Å². The molecule has 0 saturated carbocycles. The first-order valence-corrected chi connectivity index (χ1v) is 16.6. The van der Waals surface area contributed by atoms with E-state index in [0.29, 0.717) is 59.1 Å². The third-order valence-electron chi connectivity index (χ3n) is 8.76. The third-order valence-corrected chi connectivity index (χ3v) is 8.76. The Hall–Kier alpha value is -4.61. The lowest BCUT2D eigenvalue weighted by Crippen LogP contribution is -2.32. The van der Waals surface area contributed by atoms with Crippen LogP contribution in [-0.4, -0.2) is 68.1 Å². The summed E-state index contributed by atoms with van der Waals surface area (Å²) < 4.78 is 35.0. The van der Waals surface area contributed by atoms with Gasteiger partial charge in [-0.3, -0.25) is 9.67 Å². The Bertz CT molecular complexity index is 1820. The van der Waals surface area contributed by atoms with Crippen molar-refractivity contribution < 1.29 is 28.5 Å². The third kappa shape index (κ3) is 8.17. The molecule has 5 rings (SSSR count). The number of carboxylic acids is 1. The molecule has 2 fully saturated rings. The van der Waals surface area contributed by atoms with Crippen LogP contribution in [-0.2, 0) is 26.1 Å². The number of aliphatic imine (C=N–C) groups is 1. The van der Waals surface area contributed by atoms with Crippen LogP contribution in [0.2, 0.25) is 0 Å². The smallest absolute Gasteiger partial charge is 0.336 e. The van der Waals surface area contributed by atoms with Crippen LogP contribution in [0.4, 0.5) is 10.2 Å². The minimum atomic E-state index is -1.30. The maximum Gasteiger partial charge on any atom is 0.336 e. The molecule has 0 spiro atoms. The summed E-state index contributed by atoms with van der Waals surface area (Å²) in [6, 6.07) is 6.20. The Balaban J connectivity index is 1.64. The molecule has 2 aliphatic heterocycles. The summed E-state index contributed by atoms with van der Waals surface area (Å²) in [5.41, 5.74) is 5.70. The van der Waals surface area contributed by atoms with E-state index in [1.54, 1.807) is 39.3 Å². The molecule has 3 aromatic heterocycles. The molecule has 0 aliphatic carbocycles. The minimum absolute atomic E-state index is 0.162. The lowest BCUT2D eigenvalue weighted by molar-refractivity contribution is -0.154. The van der Waals surface area contributed by atoms with Crippen molar-refractivity contribution in [1.29, 1.82) is 0 Å². The summed E-state index contributed by atoms with van der Waals surface area (Å²) in [7, 11) is 1.91. The standard InChI is InChI=1S/C38H46FN5O5/c1-8-40-36-31(30(20-34(37(45)46)49-38(4,5)6)25(3)24(2)29-10-9-15-48-35(29)21-39)19-33(43(36)7)26-11-14-41-32(18-26)27-22-42-44(23-27)28-12-16-47-17-13-28/h8,11,14,18-23,28,34H,3,9-10,12-13,15-17H2,1-2,4-7H3,(H,45,46)/b29-24-,30-20+,35-21-,40-8?/t34-/m0/s1. The molecule has 2 saturated heterocycles. The first-order chi connectivity index (χ1) is 23.4. The molecule has 49 heavy (non-hydrogen) atoms. The summed E-state index contributed by atoms with van der Waals surface area (Å²) in [4.78, 5) is 22.0. The number of aliphatic carboxylic acids is 1. The molecule has 1 N–H and O–H groups in total. The molecule has 0 aromatic carbocycles. The number of pyridine rings is 1. The van der Waals surface area contributed by atoms with Crippen LogP contribution < -0.4 is 0 Å². The Kier molecular flexibility index (Phi) is 11.1. The van der Waals surface area contributed by atoms with Crippen LogP contribution >= 0.6 is 0 Å². The van der Waals surface area contributed by atoms with E-state index >= 15 is 0 Å². The second-order valence-corrected chi connectivity index (χ2v) is 13.3. The molecule has 3 aromatic rings. The summed E-state index contributed by atoms with van der Waals surface area (Å²) in [5, 5.41) is 14.9. The van der Waals surface area contributed by atoms with Crippen LogP contribution in [0.25, 0.3) is 28.1 Å². The molecular weight excluding hydrogens is 625 g/mol. The monoisotopic (exact) mass is 671 g/mol. The second kappa shape index (κ2) is 15.3. The van der Waals surface area contributed by atoms with Gasteiger partial charge in [0.15, 0.2) is 11.9 Å². The average Bonchev–Trinajstić information content (AvgIpc) is 3.71. The van der Waals surface area contributed by atoms with E-state index in [-0.39, 0.29) is 5.76 Å². The summed E-state index contributed by atoms with van der Waals surface area (Å²) in [6.45, 7) is 15.4. The molecule has 0 amide bonds. The van der Waals surface area contributed by atoms with Crippen molar-refractivity contribution in [1.82, 2.24) is 19.3 Å². The Labute approximate surface area is 287 Å². The van der Waals surface area contributed by atoms with E-state index in [1.807, 2.05) is 60.7 Å². The van der Waals surface area contributed by atoms with Crippen molar-refractivity contribution in [3.63, 3.8) is 0 Å². The number of hydrogen-bond acceptors (Lipinski definition) is 7. The Morgan fingerprint density at radius 3 is 2.65 bits per heavy atom. The molecule has 0 radical (unpaired) electrons. The average molecular weight is 672 g/mol. The SMILES string of the molecule is C=C(/C(C)=C1/CCCO/C1=C\F)/C(=C\[C@H](OC(C)(C)C)C(=O)O)c1cc(-c2ccnc(-c3cnn(C4CCOCC4)c3)c2)n(C)c1N=CC. The van der Waals surface area contributed by atoms with Gasteiger partial charge in [-0.15, -0.1) is 0 Å². The maximum atomic E-state index is 13.9. The van der Waals surface area contributed by atoms with E-state index in [0.717, 1.165) is 55.0 Å². The first-order valence-electron chi connectivity index (χ1n) is 16.6. The van der Waals surface area contributed by atoms with Crippen molar-refractivity contribution in [2.75, 3.05) is 19.8 Å². The molecule has 10 nitrogen and oxygen atoms in total. The summed E-state index contributed by atoms with van der Waals surface area (Å²) in [6.07, 6.45) is 11.2. The highest BCUT2D eigenvalue weighted by Crippen LogP contribution is 2.42. The molecule has 260 valence electrons. The van der Waals surface area contributed by atoms with Crippen LogP contribution in [0.5, 0.6) is 0 Å². The largest absolute Gasteiger partial charge is 0.491 e. The maximum absolute atomic E-state index is 13.9. The van der Waals surface area contributed by atoms with Crippen LogP contribution in [0, 0.1) is 0 Å².